The Morgan fingerprint density at radius 3 is 2.73 bits per heavy atom. The first-order chi connectivity index (χ1) is 7.08. The van der Waals surface area contributed by atoms with Crippen LogP contribution in [0.5, 0.6) is 5.06 Å². The lowest BCUT2D eigenvalue weighted by Gasteiger charge is -2.02. The third-order valence-electron chi connectivity index (χ3n) is 1.79. The first-order valence-electron chi connectivity index (χ1n) is 4.69. The van der Waals surface area contributed by atoms with E-state index in [-0.39, 0.29) is 5.75 Å². The van der Waals surface area contributed by atoms with Crippen molar-refractivity contribution in [3.8, 4) is 5.06 Å². The van der Waals surface area contributed by atoms with Gasteiger partial charge >= 0.3 is 0 Å². The molecular weight excluding hydrogens is 236 g/mol. The van der Waals surface area contributed by atoms with Gasteiger partial charge in [0.15, 0.2) is 5.06 Å². The molecule has 0 radical (unpaired) electrons. The van der Waals surface area contributed by atoms with Gasteiger partial charge in [0.2, 0.25) is 0 Å². The molecule has 4 nitrogen and oxygen atoms in total. The summed E-state index contributed by atoms with van der Waals surface area (Å²) >= 11 is 1.53. The number of ether oxygens (including phenoxy) is 1. The van der Waals surface area contributed by atoms with Crippen molar-refractivity contribution in [2.45, 2.75) is 19.3 Å². The predicted molar refractivity (Wildman–Crippen MR) is 60.1 cm³/mol. The molecule has 1 aromatic heterocycles. The van der Waals surface area contributed by atoms with E-state index in [1.54, 1.807) is 0 Å². The van der Waals surface area contributed by atoms with Crippen LogP contribution in [0.25, 0.3) is 0 Å². The molecule has 0 unspecified atom stereocenters. The van der Waals surface area contributed by atoms with Crippen molar-refractivity contribution in [1.82, 2.24) is 0 Å². The van der Waals surface area contributed by atoms with Crippen LogP contribution in [0, 0.1) is 0 Å². The van der Waals surface area contributed by atoms with Gasteiger partial charge in [-0.1, -0.05) is 0 Å². The van der Waals surface area contributed by atoms with Crippen LogP contribution >= 0.6 is 11.3 Å². The summed E-state index contributed by atoms with van der Waals surface area (Å²) in [4.78, 5) is 0. The van der Waals surface area contributed by atoms with E-state index in [1.807, 2.05) is 17.5 Å². The SMILES string of the molecule is O=S(=O)(O)CCCCCOc1cccs1. The van der Waals surface area contributed by atoms with Crippen molar-refractivity contribution >= 4 is 21.5 Å². The number of rotatable bonds is 7. The van der Waals surface area contributed by atoms with Gasteiger partial charge in [0.05, 0.1) is 12.4 Å². The van der Waals surface area contributed by atoms with Crippen LogP contribution in [0.2, 0.25) is 0 Å². The normalized spacial score (nSPS) is 11.5. The molecule has 0 amide bonds. The van der Waals surface area contributed by atoms with E-state index < -0.39 is 10.1 Å². The van der Waals surface area contributed by atoms with E-state index in [1.165, 1.54) is 11.3 Å². The summed E-state index contributed by atoms with van der Waals surface area (Å²) in [5, 5.41) is 2.82. The summed E-state index contributed by atoms with van der Waals surface area (Å²) in [7, 11) is -3.79. The molecule has 0 fully saturated rings. The fourth-order valence-electron chi connectivity index (χ4n) is 1.08. The molecule has 0 spiro atoms. The Hall–Kier alpha value is -0.590. The maximum absolute atomic E-state index is 10.4. The number of thiophene rings is 1. The highest BCUT2D eigenvalue weighted by molar-refractivity contribution is 7.85. The third kappa shape index (κ3) is 6.48. The molecule has 0 aliphatic rings. The van der Waals surface area contributed by atoms with Crippen molar-refractivity contribution in [2.75, 3.05) is 12.4 Å². The molecule has 0 atom stereocenters. The Balaban J connectivity index is 1.99. The van der Waals surface area contributed by atoms with Gasteiger partial charge in [-0.25, -0.2) is 0 Å². The highest BCUT2D eigenvalue weighted by Gasteiger charge is 2.03. The number of unbranched alkanes of at least 4 members (excludes halogenated alkanes) is 2. The van der Waals surface area contributed by atoms with E-state index >= 15 is 0 Å². The lowest BCUT2D eigenvalue weighted by atomic mass is 10.3. The van der Waals surface area contributed by atoms with Crippen molar-refractivity contribution in [3.63, 3.8) is 0 Å². The largest absolute Gasteiger partial charge is 0.484 e. The van der Waals surface area contributed by atoms with Crippen molar-refractivity contribution in [2.24, 2.45) is 0 Å². The van der Waals surface area contributed by atoms with Gasteiger partial charge in [-0.2, -0.15) is 8.42 Å². The first-order valence-corrected chi connectivity index (χ1v) is 7.18. The van der Waals surface area contributed by atoms with Gasteiger partial charge in [0.25, 0.3) is 10.1 Å². The summed E-state index contributed by atoms with van der Waals surface area (Å²) in [6, 6.07) is 3.81. The van der Waals surface area contributed by atoms with Crippen molar-refractivity contribution in [3.05, 3.63) is 17.5 Å². The zero-order valence-electron chi connectivity index (χ0n) is 8.26. The molecular formula is C9H14O4S2. The lowest BCUT2D eigenvalue weighted by molar-refractivity contribution is 0.314. The van der Waals surface area contributed by atoms with Crippen LogP contribution in [0.1, 0.15) is 19.3 Å². The van der Waals surface area contributed by atoms with Gasteiger partial charge in [-0.15, -0.1) is 11.3 Å². The van der Waals surface area contributed by atoms with Crippen LogP contribution in [0.3, 0.4) is 0 Å². The topological polar surface area (TPSA) is 63.6 Å². The van der Waals surface area contributed by atoms with E-state index in [0.717, 1.165) is 17.9 Å². The van der Waals surface area contributed by atoms with Gasteiger partial charge in [-0.05, 0) is 36.8 Å². The van der Waals surface area contributed by atoms with Crippen LogP contribution in [0.15, 0.2) is 17.5 Å². The molecule has 6 heteroatoms. The Kier molecular flexibility index (Phi) is 5.07. The second-order valence-corrected chi connectivity index (χ2v) is 5.61. The average Bonchev–Trinajstić information content (AvgIpc) is 2.61. The Bertz CT molecular complexity index is 355. The minimum absolute atomic E-state index is 0.161. The molecule has 1 rings (SSSR count). The predicted octanol–water partition coefficient (Wildman–Crippen LogP) is 2.19. The van der Waals surface area contributed by atoms with Crippen LogP contribution in [-0.4, -0.2) is 25.3 Å². The maximum atomic E-state index is 10.4. The number of hydrogen-bond donors (Lipinski definition) is 1. The second-order valence-electron chi connectivity index (χ2n) is 3.13. The summed E-state index contributed by atoms with van der Waals surface area (Å²) in [6.45, 7) is 0.589. The molecule has 0 saturated carbocycles. The van der Waals surface area contributed by atoms with E-state index in [0.29, 0.717) is 13.0 Å². The van der Waals surface area contributed by atoms with Crippen molar-refractivity contribution < 1.29 is 17.7 Å². The number of hydrogen-bond acceptors (Lipinski definition) is 4. The van der Waals surface area contributed by atoms with E-state index in [9.17, 15) is 8.42 Å². The van der Waals surface area contributed by atoms with Gasteiger partial charge in [0, 0.05) is 0 Å². The molecule has 1 heterocycles. The summed E-state index contributed by atoms with van der Waals surface area (Å²) in [6.07, 6.45) is 2.02. The Labute approximate surface area is 93.6 Å². The summed E-state index contributed by atoms with van der Waals surface area (Å²) < 4.78 is 34.6. The zero-order valence-corrected chi connectivity index (χ0v) is 9.89. The maximum Gasteiger partial charge on any atom is 0.264 e. The molecule has 0 aromatic carbocycles. The smallest absolute Gasteiger partial charge is 0.264 e. The molecule has 0 bridgehead atoms. The summed E-state index contributed by atoms with van der Waals surface area (Å²) in [5.74, 6) is -0.161. The molecule has 1 N–H and O–H groups in total. The molecule has 0 saturated heterocycles. The monoisotopic (exact) mass is 250 g/mol. The molecule has 0 aliphatic carbocycles. The second kappa shape index (κ2) is 6.09. The average molecular weight is 250 g/mol. The fourth-order valence-corrected chi connectivity index (χ4v) is 2.25. The standard InChI is InChI=1S/C9H14O4S2/c10-15(11,12)8-3-1-2-6-13-9-5-4-7-14-9/h4-5,7H,1-3,6,8H2,(H,10,11,12). The Morgan fingerprint density at radius 1 is 1.33 bits per heavy atom. The molecule has 86 valence electrons. The first kappa shape index (κ1) is 12.5. The molecule has 1 aromatic rings. The minimum atomic E-state index is -3.79. The zero-order chi connectivity index (χ0) is 11.1. The molecule has 0 aliphatic heterocycles. The van der Waals surface area contributed by atoms with Crippen LogP contribution in [0.4, 0.5) is 0 Å². The van der Waals surface area contributed by atoms with Gasteiger partial charge in [0.1, 0.15) is 0 Å². The van der Waals surface area contributed by atoms with Gasteiger partial charge in [-0.3, -0.25) is 4.55 Å². The van der Waals surface area contributed by atoms with Crippen molar-refractivity contribution in [1.29, 1.82) is 0 Å². The lowest BCUT2D eigenvalue weighted by Crippen LogP contribution is -2.04. The summed E-state index contributed by atoms with van der Waals surface area (Å²) in [5.41, 5.74) is 0. The molecule has 15 heavy (non-hydrogen) atoms. The highest BCUT2D eigenvalue weighted by Crippen LogP contribution is 2.18. The van der Waals surface area contributed by atoms with Crippen LogP contribution in [-0.2, 0) is 10.1 Å². The third-order valence-corrected chi connectivity index (χ3v) is 3.37. The van der Waals surface area contributed by atoms with Gasteiger partial charge < -0.3 is 4.74 Å². The highest BCUT2D eigenvalue weighted by atomic mass is 32.2. The van der Waals surface area contributed by atoms with Crippen LogP contribution < -0.4 is 4.74 Å². The fraction of sp³-hybridized carbons (Fsp3) is 0.556. The quantitative estimate of drug-likeness (QED) is 0.595. The minimum Gasteiger partial charge on any atom is -0.484 e. The van der Waals surface area contributed by atoms with E-state index in [2.05, 4.69) is 0 Å². The Morgan fingerprint density at radius 2 is 2.13 bits per heavy atom. The van der Waals surface area contributed by atoms with E-state index in [4.69, 9.17) is 9.29 Å².